The average Bonchev–Trinajstić information content (AvgIpc) is 3.02. The maximum absolute atomic E-state index is 12.7. The number of aryl methyl sites for hydroxylation is 1. The summed E-state index contributed by atoms with van der Waals surface area (Å²) in [5, 5.41) is 8.74. The number of hydrogen-bond donors (Lipinski definition) is 0. The van der Waals surface area contributed by atoms with Gasteiger partial charge >= 0.3 is 0 Å². The van der Waals surface area contributed by atoms with Gasteiger partial charge in [0.25, 0.3) is 0 Å². The number of rotatable bonds is 9. The van der Waals surface area contributed by atoms with Crippen LogP contribution in [0.5, 0.6) is 5.75 Å². The number of nitrogens with zero attached hydrogens (tertiary/aromatic N) is 1. The molecule has 2 aromatic carbocycles. The molecule has 0 amide bonds. The van der Waals surface area contributed by atoms with E-state index in [1.165, 1.54) is 31.0 Å². The summed E-state index contributed by atoms with van der Waals surface area (Å²) in [7, 11) is 0. The number of ether oxygens (including phenoxy) is 1. The Labute approximate surface area is 171 Å². The van der Waals surface area contributed by atoms with Crippen LogP contribution in [0, 0.1) is 11.3 Å². The van der Waals surface area contributed by atoms with Gasteiger partial charge in [-0.15, -0.1) is 0 Å². The van der Waals surface area contributed by atoms with Crippen molar-refractivity contribution in [2.45, 2.75) is 50.3 Å². The van der Waals surface area contributed by atoms with Crippen LogP contribution in [0.3, 0.4) is 0 Å². The van der Waals surface area contributed by atoms with Gasteiger partial charge in [0.05, 0.1) is 17.6 Å². The van der Waals surface area contributed by atoms with Crippen LogP contribution in [0.15, 0.2) is 52.3 Å². The second-order valence-electron chi connectivity index (χ2n) is 6.91. The van der Waals surface area contributed by atoms with Gasteiger partial charge in [0.2, 0.25) is 5.78 Å². The molecule has 1 aliphatic heterocycles. The molecule has 0 radical (unpaired) electrons. The normalized spacial score (nSPS) is 14.1. The number of Topliss-reactive ketones (excluding diaryl/α,β-unsaturated/α-hetero) is 1. The molecule has 0 spiro atoms. The molecule has 0 fully saturated rings. The number of hydrogen-bond acceptors (Lipinski definition) is 4. The third-order valence-corrected chi connectivity index (χ3v) is 5.79. The molecule has 0 aromatic heterocycles. The molecule has 2 aromatic rings. The van der Waals surface area contributed by atoms with Crippen molar-refractivity contribution in [3.8, 4) is 11.8 Å². The van der Waals surface area contributed by atoms with Crippen LogP contribution in [-0.4, -0.2) is 12.4 Å². The standard InChI is InChI=1S/C24H25NO2S/c1-2-3-4-5-15-27-20-11-8-19(9-12-20)17-23-24(26)21-13-10-18(7-6-14-25)16-22(21)28-23/h8-13,16-17H,2-7,15H2,1H3/b23-17-. The van der Waals surface area contributed by atoms with Gasteiger partial charge in [-0.3, -0.25) is 4.79 Å². The fourth-order valence-corrected chi connectivity index (χ4v) is 4.23. The summed E-state index contributed by atoms with van der Waals surface area (Å²) in [6, 6.07) is 15.9. The van der Waals surface area contributed by atoms with Crippen LogP contribution in [-0.2, 0) is 6.42 Å². The molecule has 0 atom stereocenters. The Kier molecular flexibility index (Phi) is 7.33. The minimum absolute atomic E-state index is 0.0723. The van der Waals surface area contributed by atoms with Gasteiger partial charge in [-0.05, 0) is 54.3 Å². The molecule has 4 heteroatoms. The Bertz CT molecular complexity index is 894. The molecule has 1 aliphatic rings. The average molecular weight is 392 g/mol. The molecule has 3 rings (SSSR count). The molecule has 3 nitrogen and oxygen atoms in total. The Hall–Kier alpha value is -2.51. The minimum atomic E-state index is 0.0723. The zero-order valence-electron chi connectivity index (χ0n) is 16.2. The van der Waals surface area contributed by atoms with Gasteiger partial charge in [-0.1, -0.05) is 56.1 Å². The summed E-state index contributed by atoms with van der Waals surface area (Å²) < 4.78 is 5.78. The monoisotopic (exact) mass is 391 g/mol. The van der Waals surface area contributed by atoms with Crippen LogP contribution in [0.25, 0.3) is 6.08 Å². The minimum Gasteiger partial charge on any atom is -0.494 e. The number of carbonyl (C=O) groups excluding carboxylic acids is 1. The van der Waals surface area contributed by atoms with E-state index in [9.17, 15) is 4.79 Å². The van der Waals surface area contributed by atoms with E-state index in [0.29, 0.717) is 6.42 Å². The van der Waals surface area contributed by atoms with E-state index in [4.69, 9.17) is 10.00 Å². The molecule has 0 saturated carbocycles. The number of benzene rings is 2. The Morgan fingerprint density at radius 2 is 1.93 bits per heavy atom. The smallest absolute Gasteiger partial charge is 0.200 e. The highest BCUT2D eigenvalue weighted by molar-refractivity contribution is 8.04. The van der Waals surface area contributed by atoms with Gasteiger partial charge in [-0.2, -0.15) is 5.26 Å². The fourth-order valence-electron chi connectivity index (χ4n) is 3.12. The van der Waals surface area contributed by atoms with E-state index in [1.54, 1.807) is 0 Å². The third kappa shape index (κ3) is 5.27. The number of fused-ring (bicyclic) bond motifs is 1. The first-order valence-electron chi connectivity index (χ1n) is 9.88. The summed E-state index contributed by atoms with van der Waals surface area (Å²) in [5.74, 6) is 0.942. The summed E-state index contributed by atoms with van der Waals surface area (Å²) in [6.07, 6.45) is 7.92. The highest BCUT2D eigenvalue weighted by Crippen LogP contribution is 2.41. The molecule has 0 aliphatic carbocycles. The van der Waals surface area contributed by atoms with Crippen LogP contribution >= 0.6 is 11.8 Å². The predicted octanol–water partition coefficient (Wildman–Crippen LogP) is 6.43. The van der Waals surface area contributed by atoms with Crippen molar-refractivity contribution in [3.05, 3.63) is 64.1 Å². The van der Waals surface area contributed by atoms with Crippen LogP contribution < -0.4 is 4.74 Å². The molecule has 0 unspecified atom stereocenters. The first-order valence-corrected chi connectivity index (χ1v) is 10.7. The van der Waals surface area contributed by atoms with Crippen LogP contribution in [0.4, 0.5) is 0 Å². The van der Waals surface area contributed by atoms with Gasteiger partial charge in [-0.25, -0.2) is 0 Å². The number of thioether (sulfide) groups is 1. The highest BCUT2D eigenvalue weighted by Gasteiger charge is 2.25. The summed E-state index contributed by atoms with van der Waals surface area (Å²) in [6.45, 7) is 2.95. The lowest BCUT2D eigenvalue weighted by molar-refractivity contribution is 0.104. The van der Waals surface area contributed by atoms with Crippen molar-refractivity contribution in [1.82, 2.24) is 0 Å². The lowest BCUT2D eigenvalue weighted by Crippen LogP contribution is -1.97. The number of allylic oxidation sites excluding steroid dienone is 1. The molecule has 144 valence electrons. The van der Waals surface area contributed by atoms with E-state index in [0.717, 1.165) is 51.7 Å². The van der Waals surface area contributed by atoms with Crippen molar-refractivity contribution in [2.24, 2.45) is 0 Å². The first kappa shape index (κ1) is 20.2. The van der Waals surface area contributed by atoms with Crippen LogP contribution in [0.1, 0.15) is 60.5 Å². The topological polar surface area (TPSA) is 50.1 Å². The van der Waals surface area contributed by atoms with Gasteiger partial charge in [0.1, 0.15) is 5.75 Å². The number of carbonyl (C=O) groups is 1. The molecule has 0 bridgehead atoms. The van der Waals surface area contributed by atoms with Gasteiger partial charge < -0.3 is 4.74 Å². The molecular weight excluding hydrogens is 366 g/mol. The number of ketones is 1. The number of unbranched alkanes of at least 4 members (excludes halogenated alkanes) is 3. The second-order valence-corrected chi connectivity index (χ2v) is 7.99. The Morgan fingerprint density at radius 3 is 2.68 bits per heavy atom. The van der Waals surface area contributed by atoms with E-state index in [2.05, 4.69) is 13.0 Å². The Balaban J connectivity index is 1.62. The van der Waals surface area contributed by atoms with Gasteiger partial charge in [0, 0.05) is 16.9 Å². The highest BCUT2D eigenvalue weighted by atomic mass is 32.2. The van der Waals surface area contributed by atoms with E-state index >= 15 is 0 Å². The summed E-state index contributed by atoms with van der Waals surface area (Å²) in [5.41, 5.74) is 2.85. The van der Waals surface area contributed by atoms with Crippen molar-refractivity contribution in [2.75, 3.05) is 6.61 Å². The van der Waals surface area contributed by atoms with Crippen LogP contribution in [0.2, 0.25) is 0 Å². The van der Waals surface area contributed by atoms with Crippen molar-refractivity contribution >= 4 is 23.6 Å². The SMILES string of the molecule is CCCCCCOc1ccc(/C=C2\Sc3cc(CCC#N)ccc3C2=O)cc1. The van der Waals surface area contributed by atoms with Gasteiger partial charge in [0.15, 0.2) is 0 Å². The molecule has 28 heavy (non-hydrogen) atoms. The maximum Gasteiger partial charge on any atom is 0.200 e. The molecule has 0 N–H and O–H groups in total. The largest absolute Gasteiger partial charge is 0.494 e. The zero-order valence-corrected chi connectivity index (χ0v) is 17.1. The first-order chi connectivity index (χ1) is 13.7. The zero-order chi connectivity index (χ0) is 19.8. The van der Waals surface area contributed by atoms with Crippen molar-refractivity contribution in [3.63, 3.8) is 0 Å². The van der Waals surface area contributed by atoms with Crippen molar-refractivity contribution < 1.29 is 9.53 Å². The van der Waals surface area contributed by atoms with E-state index in [-0.39, 0.29) is 5.78 Å². The lowest BCUT2D eigenvalue weighted by Gasteiger charge is -2.06. The van der Waals surface area contributed by atoms with Crippen molar-refractivity contribution in [1.29, 1.82) is 5.26 Å². The summed E-state index contributed by atoms with van der Waals surface area (Å²) >= 11 is 1.51. The quantitative estimate of drug-likeness (QED) is 0.365. The molecular formula is C24H25NO2S. The molecule has 0 saturated heterocycles. The third-order valence-electron chi connectivity index (χ3n) is 4.70. The lowest BCUT2D eigenvalue weighted by atomic mass is 10.0. The van der Waals surface area contributed by atoms with E-state index < -0.39 is 0 Å². The molecule has 1 heterocycles. The summed E-state index contributed by atoms with van der Waals surface area (Å²) in [4.78, 5) is 14.4. The fraction of sp³-hybridized carbons (Fsp3) is 0.333. The Morgan fingerprint density at radius 1 is 1.11 bits per heavy atom. The maximum atomic E-state index is 12.7. The predicted molar refractivity (Wildman–Crippen MR) is 115 cm³/mol. The second kappa shape index (κ2) is 10.1. The number of nitriles is 1. The van der Waals surface area contributed by atoms with E-state index in [1.807, 2.05) is 48.5 Å².